The van der Waals surface area contributed by atoms with E-state index in [9.17, 15) is 50.4 Å². The first kappa shape index (κ1) is 42.0. The van der Waals surface area contributed by atoms with E-state index in [0.717, 1.165) is 11.1 Å². The first-order valence-electron chi connectivity index (χ1n) is 14.6. The van der Waals surface area contributed by atoms with Gasteiger partial charge in [-0.3, -0.25) is 9.59 Å². The molecule has 18 heteroatoms. The van der Waals surface area contributed by atoms with Crippen LogP contribution in [0.25, 0.3) is 0 Å². The molecule has 3 rings (SSSR count). The lowest BCUT2D eigenvalue weighted by atomic mass is 9.83. The zero-order valence-electron chi connectivity index (χ0n) is 25.7. The molecule has 9 atom stereocenters. The summed E-state index contributed by atoms with van der Waals surface area (Å²) < 4.78 is 0. The van der Waals surface area contributed by atoms with Gasteiger partial charge in [0.25, 0.3) is 11.8 Å². The third kappa shape index (κ3) is 10.4. The van der Waals surface area contributed by atoms with Crippen molar-refractivity contribution in [1.29, 1.82) is 0 Å². The minimum absolute atomic E-state index is 0. The number of fused-ring (bicyclic) bond motifs is 1. The van der Waals surface area contributed by atoms with Crippen molar-refractivity contribution in [2.75, 3.05) is 39.9 Å². The van der Waals surface area contributed by atoms with E-state index in [2.05, 4.69) is 10.6 Å². The highest BCUT2D eigenvalue weighted by molar-refractivity contribution is 6.35. The number of nitrogens with one attached hydrogen (secondary N) is 2. The molecule has 1 heterocycles. The van der Waals surface area contributed by atoms with Crippen LogP contribution in [0.4, 0.5) is 0 Å². The second-order valence-corrected chi connectivity index (χ2v) is 12.4. The molecule has 0 radical (unpaired) electrons. The minimum Gasteiger partial charge on any atom is -0.394 e. The first-order valence-corrected chi connectivity index (χ1v) is 15.4. The van der Waals surface area contributed by atoms with Crippen molar-refractivity contribution < 1.29 is 60.7 Å². The van der Waals surface area contributed by atoms with Gasteiger partial charge in [0, 0.05) is 53.3 Å². The molecule has 48 heavy (non-hydrogen) atoms. The summed E-state index contributed by atoms with van der Waals surface area (Å²) in [5.41, 5.74) is 1.91. The van der Waals surface area contributed by atoms with E-state index in [-0.39, 0.29) is 23.5 Å². The van der Waals surface area contributed by atoms with Crippen LogP contribution in [-0.4, -0.2) is 157 Å². The summed E-state index contributed by atoms with van der Waals surface area (Å²) in [4.78, 5) is 28.6. The third-order valence-corrected chi connectivity index (χ3v) is 8.52. The van der Waals surface area contributed by atoms with E-state index < -0.39 is 92.9 Å². The second-order valence-electron chi connectivity index (χ2n) is 11.6. The maximum Gasteiger partial charge on any atom is 0.251 e. The highest BCUT2D eigenvalue weighted by atomic mass is 35.5. The van der Waals surface area contributed by atoms with E-state index >= 15 is 0 Å². The molecule has 0 aliphatic carbocycles. The first-order chi connectivity index (χ1) is 22.1. The van der Waals surface area contributed by atoms with Crippen LogP contribution in [0.5, 0.6) is 0 Å². The summed E-state index contributed by atoms with van der Waals surface area (Å²) in [6, 6.07) is 7.57. The number of hydrogen-bond donors (Lipinski definition) is 12. The fraction of sp³-hybridized carbons (Fsp3) is 0.533. The van der Waals surface area contributed by atoms with E-state index in [1.165, 1.54) is 18.2 Å². The molecule has 15 nitrogen and oxygen atoms in total. The maximum absolute atomic E-state index is 13.3. The normalized spacial score (nSPS) is 19.8. The number of amides is 2. The standard InChI is InChI=1S/C30H41Cl2N3O12.ClH/c1-35-9-18(17-5-16(31)6-20(32)19(17)10-35)13-2-14(29(46)33-7-21(38)25(42)27(44)23(40)11-36)4-15(3-13)30(47)34-8-22(39)26(43)28(45)24(41)12-37;/h2-6,18,21-28,36-45H,7-12H2,1H3,(H,33,46)(H,34,47);1H/t18?,21-,22-,23+,24+,25+,26+,27+,28+;/m0./s1. The van der Waals surface area contributed by atoms with Gasteiger partial charge in [0.1, 0.15) is 36.6 Å². The average molecular weight is 743 g/mol. The SMILES string of the molecule is CN1Cc2c(Cl)cc(Cl)cc2C(c2cc(C(=O)NC[C@H](O)[C@@H](O)[C@H](O)[C@H](O)CO)cc(C(=O)NC[C@H](O)[C@@H](O)[C@H](O)[C@H](O)CO)c2)C1.Cl. The number of rotatable bonds is 15. The van der Waals surface area contributed by atoms with Gasteiger partial charge in [-0.2, -0.15) is 0 Å². The van der Waals surface area contributed by atoms with Crippen LogP contribution in [0.1, 0.15) is 43.3 Å². The monoisotopic (exact) mass is 741 g/mol. The fourth-order valence-corrected chi connectivity index (χ4v) is 5.78. The van der Waals surface area contributed by atoms with E-state index in [4.69, 9.17) is 33.4 Å². The highest BCUT2D eigenvalue weighted by Crippen LogP contribution is 2.39. The molecule has 1 unspecified atom stereocenters. The number of benzene rings is 2. The Morgan fingerprint density at radius 1 is 0.750 bits per heavy atom. The predicted octanol–water partition coefficient (Wildman–Crippen LogP) is -2.68. The highest BCUT2D eigenvalue weighted by Gasteiger charge is 2.33. The van der Waals surface area contributed by atoms with E-state index in [0.29, 0.717) is 28.7 Å². The van der Waals surface area contributed by atoms with Crippen LogP contribution in [0, 0.1) is 0 Å². The summed E-state index contributed by atoms with van der Waals surface area (Å²) in [6.07, 6.45) is -14.7. The van der Waals surface area contributed by atoms with Gasteiger partial charge in [-0.25, -0.2) is 0 Å². The van der Waals surface area contributed by atoms with Gasteiger partial charge in [0.05, 0.1) is 25.4 Å². The molecule has 1 aliphatic heterocycles. The summed E-state index contributed by atoms with van der Waals surface area (Å²) in [5.74, 6) is -2.03. The molecule has 0 aromatic heterocycles. The lowest BCUT2D eigenvalue weighted by molar-refractivity contribution is -0.113. The zero-order valence-corrected chi connectivity index (χ0v) is 28.1. The molecular weight excluding hydrogens is 701 g/mol. The number of halogens is 3. The van der Waals surface area contributed by atoms with Gasteiger partial charge < -0.3 is 66.6 Å². The Labute approximate surface area is 292 Å². The summed E-state index contributed by atoms with van der Waals surface area (Å²) in [5, 5.41) is 103. The second kappa shape index (κ2) is 18.7. The Balaban J connectivity index is 0.00000800. The van der Waals surface area contributed by atoms with Gasteiger partial charge in [0.15, 0.2) is 0 Å². The van der Waals surface area contributed by atoms with Gasteiger partial charge >= 0.3 is 0 Å². The van der Waals surface area contributed by atoms with Crippen LogP contribution < -0.4 is 10.6 Å². The van der Waals surface area contributed by atoms with Crippen LogP contribution in [0.2, 0.25) is 10.0 Å². The lowest BCUT2D eigenvalue weighted by Gasteiger charge is -2.33. The number of carbonyl (C=O) groups is 2. The van der Waals surface area contributed by atoms with Crippen molar-refractivity contribution in [3.05, 3.63) is 68.2 Å². The Hall–Kier alpha value is -2.19. The molecule has 0 spiro atoms. The van der Waals surface area contributed by atoms with Crippen molar-refractivity contribution >= 4 is 47.4 Å². The van der Waals surface area contributed by atoms with E-state index in [1.54, 1.807) is 12.1 Å². The van der Waals surface area contributed by atoms with Crippen molar-refractivity contribution in [2.24, 2.45) is 0 Å². The number of nitrogens with zero attached hydrogens (tertiary/aromatic N) is 1. The fourth-order valence-electron chi connectivity index (χ4n) is 5.21. The third-order valence-electron chi connectivity index (χ3n) is 7.97. The Morgan fingerprint density at radius 2 is 1.19 bits per heavy atom. The van der Waals surface area contributed by atoms with Gasteiger partial charge in [0.2, 0.25) is 0 Å². The molecule has 2 aromatic carbocycles. The minimum atomic E-state index is -1.92. The van der Waals surface area contributed by atoms with Crippen molar-refractivity contribution in [1.82, 2.24) is 15.5 Å². The molecule has 270 valence electrons. The molecule has 12 N–H and O–H groups in total. The van der Waals surface area contributed by atoms with Crippen molar-refractivity contribution in [3.8, 4) is 0 Å². The molecule has 2 aromatic rings. The molecular formula is C30H42Cl3N3O12. The topological polar surface area (TPSA) is 264 Å². The van der Waals surface area contributed by atoms with Gasteiger partial charge in [-0.15, -0.1) is 12.4 Å². The smallest absolute Gasteiger partial charge is 0.251 e. The molecule has 1 aliphatic rings. The van der Waals surface area contributed by atoms with Crippen LogP contribution in [-0.2, 0) is 6.54 Å². The number of aliphatic hydroxyl groups is 10. The van der Waals surface area contributed by atoms with E-state index in [1.807, 2.05) is 11.9 Å². The summed E-state index contributed by atoms with van der Waals surface area (Å²) in [6.45, 7) is -2.01. The lowest BCUT2D eigenvalue weighted by Crippen LogP contribution is -2.49. The van der Waals surface area contributed by atoms with Crippen LogP contribution in [0.3, 0.4) is 0 Å². The number of likely N-dealkylation sites (N-methyl/N-ethyl adjacent to an activating group) is 1. The van der Waals surface area contributed by atoms with Crippen LogP contribution in [0.15, 0.2) is 30.3 Å². The maximum atomic E-state index is 13.3. The van der Waals surface area contributed by atoms with Crippen LogP contribution >= 0.6 is 35.6 Å². The summed E-state index contributed by atoms with van der Waals surface area (Å²) >= 11 is 12.8. The number of aliphatic hydroxyl groups excluding tert-OH is 10. The Morgan fingerprint density at radius 3 is 1.62 bits per heavy atom. The number of hydrogen-bond acceptors (Lipinski definition) is 13. The summed E-state index contributed by atoms with van der Waals surface area (Å²) in [7, 11) is 1.86. The molecule has 2 amide bonds. The molecule has 0 saturated carbocycles. The predicted molar refractivity (Wildman–Crippen MR) is 175 cm³/mol. The van der Waals surface area contributed by atoms with Gasteiger partial charge in [-0.1, -0.05) is 23.2 Å². The zero-order chi connectivity index (χ0) is 35.2. The van der Waals surface area contributed by atoms with Gasteiger partial charge in [-0.05, 0) is 54.1 Å². The Kier molecular flexibility index (Phi) is 16.4. The molecule has 0 saturated heterocycles. The largest absolute Gasteiger partial charge is 0.394 e. The Bertz CT molecular complexity index is 1330. The number of carbonyl (C=O) groups excluding carboxylic acids is 2. The average Bonchev–Trinajstić information content (AvgIpc) is 3.06. The van der Waals surface area contributed by atoms with Crippen molar-refractivity contribution in [3.63, 3.8) is 0 Å². The van der Waals surface area contributed by atoms with Crippen molar-refractivity contribution in [2.45, 2.75) is 61.3 Å². The quantitative estimate of drug-likeness (QED) is 0.0890. The molecule has 0 bridgehead atoms. The molecule has 0 fully saturated rings.